The molecule has 3 rings (SSSR count). The minimum atomic E-state index is -0.498. The highest BCUT2D eigenvalue weighted by atomic mass is 79.9. The van der Waals surface area contributed by atoms with Gasteiger partial charge >= 0.3 is 0 Å². The van der Waals surface area contributed by atoms with E-state index in [4.69, 9.17) is 0 Å². The first kappa shape index (κ1) is 19.6. The van der Waals surface area contributed by atoms with Crippen molar-refractivity contribution in [1.29, 1.82) is 0 Å². The summed E-state index contributed by atoms with van der Waals surface area (Å²) in [5, 5.41) is 24.8. The second-order valence-electron chi connectivity index (χ2n) is 6.04. The van der Waals surface area contributed by atoms with Crippen molar-refractivity contribution in [3.05, 3.63) is 41.3 Å². The maximum Gasteiger partial charge on any atom is 0.229 e. The van der Waals surface area contributed by atoms with Crippen LogP contribution in [0.3, 0.4) is 0 Å². The van der Waals surface area contributed by atoms with E-state index >= 15 is 0 Å². The Balaban J connectivity index is 1.69. The summed E-state index contributed by atoms with van der Waals surface area (Å²) in [5.74, 6) is 1.09. The van der Waals surface area contributed by atoms with Crippen molar-refractivity contribution in [2.75, 3.05) is 10.6 Å². The van der Waals surface area contributed by atoms with Crippen LogP contribution >= 0.6 is 27.7 Å². The predicted octanol–water partition coefficient (Wildman–Crippen LogP) is 3.44. The van der Waals surface area contributed by atoms with Crippen LogP contribution in [0.4, 0.5) is 17.5 Å². The standard InChI is InChI=1S/C17H20BrN7OS/c1-10(11(2)26)21-15-14(18)8-19-16(23-15)22-12-4-6-13(7-5-12)27-17-24-20-9-25(17)3/h4-11,26H,1-3H3,(H2,19,21,22,23)/t10-,11-/m1/s1. The molecule has 0 aliphatic rings. The fraction of sp³-hybridized carbons (Fsp3) is 0.294. The van der Waals surface area contributed by atoms with E-state index in [9.17, 15) is 5.11 Å². The molecular formula is C17H20BrN7OS. The van der Waals surface area contributed by atoms with E-state index in [0.29, 0.717) is 11.8 Å². The van der Waals surface area contributed by atoms with Gasteiger partial charge in [0.1, 0.15) is 12.1 Å². The summed E-state index contributed by atoms with van der Waals surface area (Å²) in [4.78, 5) is 9.81. The Kier molecular flexibility index (Phi) is 6.30. The molecule has 0 amide bonds. The van der Waals surface area contributed by atoms with Gasteiger partial charge in [0, 0.05) is 23.8 Å². The molecule has 3 aromatic rings. The molecule has 0 spiro atoms. The molecule has 0 unspecified atom stereocenters. The highest BCUT2D eigenvalue weighted by Crippen LogP contribution is 2.27. The fourth-order valence-corrected chi connectivity index (χ4v) is 3.14. The number of rotatable bonds is 7. The van der Waals surface area contributed by atoms with Crippen LogP contribution in [0.15, 0.2) is 51.3 Å². The molecular weight excluding hydrogens is 430 g/mol. The maximum atomic E-state index is 9.66. The van der Waals surface area contributed by atoms with Crippen LogP contribution in [0, 0.1) is 0 Å². The largest absolute Gasteiger partial charge is 0.391 e. The van der Waals surface area contributed by atoms with E-state index in [0.717, 1.165) is 20.2 Å². The normalized spacial score (nSPS) is 13.2. The molecule has 1 aromatic carbocycles. The first-order chi connectivity index (χ1) is 12.9. The zero-order valence-electron chi connectivity index (χ0n) is 15.1. The van der Waals surface area contributed by atoms with Crippen LogP contribution in [0.2, 0.25) is 0 Å². The van der Waals surface area contributed by atoms with Gasteiger partial charge in [-0.3, -0.25) is 0 Å². The second-order valence-corrected chi connectivity index (χ2v) is 7.93. The molecule has 0 radical (unpaired) electrons. The van der Waals surface area contributed by atoms with Crippen molar-refractivity contribution in [3.63, 3.8) is 0 Å². The number of aryl methyl sites for hydroxylation is 1. The Morgan fingerprint density at radius 1 is 1.22 bits per heavy atom. The lowest BCUT2D eigenvalue weighted by atomic mass is 10.2. The van der Waals surface area contributed by atoms with Crippen LogP contribution < -0.4 is 10.6 Å². The molecule has 0 saturated heterocycles. The van der Waals surface area contributed by atoms with E-state index < -0.39 is 6.10 Å². The second kappa shape index (κ2) is 8.68. The topological polar surface area (TPSA) is 101 Å². The summed E-state index contributed by atoms with van der Waals surface area (Å²) in [5.41, 5.74) is 0.870. The Morgan fingerprint density at radius 2 is 1.96 bits per heavy atom. The number of nitrogens with zero attached hydrogens (tertiary/aromatic N) is 5. The van der Waals surface area contributed by atoms with Gasteiger partial charge in [0.25, 0.3) is 0 Å². The van der Waals surface area contributed by atoms with Crippen molar-refractivity contribution in [2.24, 2.45) is 7.05 Å². The molecule has 3 N–H and O–H groups in total. The van der Waals surface area contributed by atoms with Crippen molar-refractivity contribution < 1.29 is 5.11 Å². The molecule has 2 heterocycles. The van der Waals surface area contributed by atoms with Crippen LogP contribution in [0.5, 0.6) is 0 Å². The van der Waals surface area contributed by atoms with Gasteiger partial charge in [0.2, 0.25) is 5.95 Å². The minimum absolute atomic E-state index is 0.138. The number of aliphatic hydroxyl groups excluding tert-OH is 1. The molecule has 2 aromatic heterocycles. The minimum Gasteiger partial charge on any atom is -0.391 e. The average molecular weight is 450 g/mol. The third-order valence-corrected chi connectivity index (χ3v) is 5.46. The lowest BCUT2D eigenvalue weighted by Crippen LogP contribution is -2.28. The Labute approximate surface area is 170 Å². The lowest BCUT2D eigenvalue weighted by molar-refractivity contribution is 0.177. The quantitative estimate of drug-likeness (QED) is 0.504. The van der Waals surface area contributed by atoms with Crippen LogP contribution in [0.25, 0.3) is 0 Å². The van der Waals surface area contributed by atoms with E-state index in [1.54, 1.807) is 31.2 Å². The van der Waals surface area contributed by atoms with E-state index in [1.807, 2.05) is 42.8 Å². The van der Waals surface area contributed by atoms with Crippen molar-refractivity contribution in [3.8, 4) is 0 Å². The summed E-state index contributed by atoms with van der Waals surface area (Å²) in [6.07, 6.45) is 2.85. The molecule has 10 heteroatoms. The number of hydrogen-bond acceptors (Lipinski definition) is 8. The van der Waals surface area contributed by atoms with Crippen LogP contribution in [-0.4, -0.2) is 42.0 Å². The molecule has 0 aliphatic heterocycles. The first-order valence-electron chi connectivity index (χ1n) is 8.28. The van der Waals surface area contributed by atoms with Gasteiger partial charge in [0.15, 0.2) is 5.16 Å². The molecule has 0 saturated carbocycles. The Bertz CT molecular complexity index is 901. The SMILES string of the molecule is C[C@@H](O)[C@@H](C)Nc1nc(Nc2ccc(Sc3nncn3C)cc2)ncc1Br. The van der Waals surface area contributed by atoms with E-state index in [-0.39, 0.29) is 6.04 Å². The van der Waals surface area contributed by atoms with E-state index in [2.05, 4.69) is 46.7 Å². The number of nitrogens with one attached hydrogen (secondary N) is 2. The third kappa shape index (κ3) is 5.18. The molecule has 142 valence electrons. The highest BCUT2D eigenvalue weighted by molar-refractivity contribution is 9.10. The van der Waals surface area contributed by atoms with Gasteiger partial charge in [-0.2, -0.15) is 4.98 Å². The van der Waals surface area contributed by atoms with Gasteiger partial charge < -0.3 is 20.3 Å². The third-order valence-electron chi connectivity index (χ3n) is 3.82. The summed E-state index contributed by atoms with van der Waals surface area (Å²) < 4.78 is 2.60. The summed E-state index contributed by atoms with van der Waals surface area (Å²) in [6, 6.07) is 7.76. The van der Waals surface area contributed by atoms with Crippen molar-refractivity contribution >= 4 is 45.1 Å². The first-order valence-corrected chi connectivity index (χ1v) is 9.89. The van der Waals surface area contributed by atoms with E-state index in [1.165, 1.54) is 0 Å². The monoisotopic (exact) mass is 449 g/mol. The van der Waals surface area contributed by atoms with Gasteiger partial charge in [-0.05, 0) is 65.8 Å². The molecule has 2 atom stereocenters. The van der Waals surface area contributed by atoms with Gasteiger partial charge in [0.05, 0.1) is 16.6 Å². The Morgan fingerprint density at radius 3 is 2.59 bits per heavy atom. The molecule has 27 heavy (non-hydrogen) atoms. The molecule has 8 nitrogen and oxygen atoms in total. The Hall–Kier alpha value is -2.17. The average Bonchev–Trinajstić information content (AvgIpc) is 3.04. The van der Waals surface area contributed by atoms with Crippen LogP contribution in [0.1, 0.15) is 13.8 Å². The molecule has 0 aliphatic carbocycles. The highest BCUT2D eigenvalue weighted by Gasteiger charge is 2.12. The summed E-state index contributed by atoms with van der Waals surface area (Å²) in [7, 11) is 1.91. The number of hydrogen-bond donors (Lipinski definition) is 3. The smallest absolute Gasteiger partial charge is 0.229 e. The fourth-order valence-electron chi connectivity index (χ4n) is 2.07. The molecule has 0 fully saturated rings. The summed E-state index contributed by atoms with van der Waals surface area (Å²) >= 11 is 4.96. The number of aliphatic hydroxyl groups is 1. The zero-order chi connectivity index (χ0) is 19.4. The van der Waals surface area contributed by atoms with Gasteiger partial charge in [-0.15, -0.1) is 10.2 Å². The van der Waals surface area contributed by atoms with Gasteiger partial charge in [-0.25, -0.2) is 4.98 Å². The number of halogens is 1. The zero-order valence-corrected chi connectivity index (χ0v) is 17.5. The summed E-state index contributed by atoms with van der Waals surface area (Å²) in [6.45, 7) is 3.62. The lowest BCUT2D eigenvalue weighted by Gasteiger charge is -2.18. The number of anilines is 3. The van der Waals surface area contributed by atoms with Crippen molar-refractivity contribution in [1.82, 2.24) is 24.7 Å². The maximum absolute atomic E-state index is 9.66. The van der Waals surface area contributed by atoms with Gasteiger partial charge in [-0.1, -0.05) is 0 Å². The predicted molar refractivity (Wildman–Crippen MR) is 109 cm³/mol. The van der Waals surface area contributed by atoms with Crippen LogP contribution in [-0.2, 0) is 7.05 Å². The number of benzene rings is 1. The molecule has 0 bridgehead atoms. The number of aromatic nitrogens is 5. The van der Waals surface area contributed by atoms with Crippen molar-refractivity contribution in [2.45, 2.75) is 36.0 Å².